The Kier molecular flexibility index (Phi) is 5.43. The highest BCUT2D eigenvalue weighted by molar-refractivity contribution is 5.78. The number of carboxylic acid groups (broad SMARTS) is 2. The van der Waals surface area contributed by atoms with Crippen LogP contribution in [0.25, 0.3) is 0 Å². The Morgan fingerprint density at radius 2 is 1.76 bits per heavy atom. The second-order valence-corrected chi connectivity index (χ2v) is 4.52. The van der Waals surface area contributed by atoms with Crippen molar-refractivity contribution in [2.45, 2.75) is 32.8 Å². The van der Waals surface area contributed by atoms with E-state index < -0.39 is 36.0 Å². The quantitative estimate of drug-likeness (QED) is 0.658. The molecule has 0 aliphatic carbocycles. The van der Waals surface area contributed by atoms with E-state index in [9.17, 15) is 14.4 Å². The Labute approximate surface area is 98.8 Å². The van der Waals surface area contributed by atoms with Crippen LogP contribution in [0.2, 0.25) is 0 Å². The number of nitrogens with one attached hydrogen (secondary N) is 1. The van der Waals surface area contributed by atoms with E-state index in [4.69, 9.17) is 14.9 Å². The summed E-state index contributed by atoms with van der Waals surface area (Å²) in [6.45, 7) is 4.71. The van der Waals surface area contributed by atoms with Crippen molar-refractivity contribution >= 4 is 18.0 Å². The number of carboxylic acids is 2. The van der Waals surface area contributed by atoms with Crippen LogP contribution in [-0.2, 0) is 14.3 Å². The Hall–Kier alpha value is -1.79. The highest BCUT2D eigenvalue weighted by Crippen LogP contribution is 2.07. The Morgan fingerprint density at radius 1 is 1.24 bits per heavy atom. The summed E-state index contributed by atoms with van der Waals surface area (Å²) in [5.74, 6) is -3.67. The number of amides is 1. The molecule has 0 aliphatic heterocycles. The van der Waals surface area contributed by atoms with E-state index in [1.165, 1.54) is 0 Å². The van der Waals surface area contributed by atoms with E-state index in [1.54, 1.807) is 20.8 Å². The van der Waals surface area contributed by atoms with Crippen LogP contribution < -0.4 is 5.32 Å². The molecule has 0 aromatic carbocycles. The molecular formula is C10H17NO6. The van der Waals surface area contributed by atoms with Crippen molar-refractivity contribution in [3.63, 3.8) is 0 Å². The minimum absolute atomic E-state index is 0.281. The number of ether oxygens (including phenoxy) is 1. The number of hydrogen-bond acceptors (Lipinski definition) is 4. The smallest absolute Gasteiger partial charge is 0.407 e. The fourth-order valence-corrected chi connectivity index (χ4v) is 0.978. The highest BCUT2D eigenvalue weighted by atomic mass is 16.6. The second kappa shape index (κ2) is 6.07. The van der Waals surface area contributed by atoms with Gasteiger partial charge in [0.1, 0.15) is 5.60 Å². The molecule has 98 valence electrons. The largest absolute Gasteiger partial charge is 0.481 e. The molecule has 1 unspecified atom stereocenters. The SMILES string of the molecule is CC(C)(C)OC(=O)NCC(CC(=O)O)C(=O)O. The first-order valence-corrected chi connectivity index (χ1v) is 5.03. The molecule has 0 fully saturated rings. The van der Waals surface area contributed by atoms with Crippen molar-refractivity contribution in [2.75, 3.05) is 6.54 Å². The van der Waals surface area contributed by atoms with Gasteiger partial charge in [-0.1, -0.05) is 0 Å². The maximum absolute atomic E-state index is 11.2. The van der Waals surface area contributed by atoms with Gasteiger partial charge in [0.15, 0.2) is 0 Å². The summed E-state index contributed by atoms with van der Waals surface area (Å²) in [6, 6.07) is 0. The second-order valence-electron chi connectivity index (χ2n) is 4.52. The third-order valence-corrected chi connectivity index (χ3v) is 1.66. The maximum atomic E-state index is 11.2. The molecule has 7 heteroatoms. The molecular weight excluding hydrogens is 230 g/mol. The monoisotopic (exact) mass is 247 g/mol. The van der Waals surface area contributed by atoms with Crippen LogP contribution in [0.3, 0.4) is 0 Å². The predicted octanol–water partition coefficient (Wildman–Crippen LogP) is 0.687. The van der Waals surface area contributed by atoms with Gasteiger partial charge in [0, 0.05) is 6.54 Å². The first-order chi connectivity index (χ1) is 7.61. The number of alkyl carbamates (subject to hydrolysis) is 1. The lowest BCUT2D eigenvalue weighted by Gasteiger charge is -2.20. The number of carbonyl (C=O) groups excluding carboxylic acids is 1. The third-order valence-electron chi connectivity index (χ3n) is 1.66. The fraction of sp³-hybridized carbons (Fsp3) is 0.700. The first-order valence-electron chi connectivity index (χ1n) is 5.03. The molecule has 17 heavy (non-hydrogen) atoms. The zero-order valence-electron chi connectivity index (χ0n) is 10.0. The molecule has 0 aromatic rings. The van der Waals surface area contributed by atoms with E-state index >= 15 is 0 Å². The van der Waals surface area contributed by atoms with E-state index in [-0.39, 0.29) is 6.54 Å². The predicted molar refractivity (Wildman–Crippen MR) is 57.6 cm³/mol. The van der Waals surface area contributed by atoms with Crippen molar-refractivity contribution in [3.05, 3.63) is 0 Å². The lowest BCUT2D eigenvalue weighted by molar-refractivity contribution is -0.148. The van der Waals surface area contributed by atoms with Crippen LogP contribution in [0.5, 0.6) is 0 Å². The van der Waals surface area contributed by atoms with Gasteiger partial charge in [-0.2, -0.15) is 0 Å². The van der Waals surface area contributed by atoms with Gasteiger partial charge in [-0.05, 0) is 20.8 Å². The average Bonchev–Trinajstić information content (AvgIpc) is 2.08. The first kappa shape index (κ1) is 15.2. The summed E-state index contributed by atoms with van der Waals surface area (Å²) >= 11 is 0. The van der Waals surface area contributed by atoms with Gasteiger partial charge in [-0.25, -0.2) is 4.79 Å². The van der Waals surface area contributed by atoms with Gasteiger partial charge in [0.25, 0.3) is 0 Å². The van der Waals surface area contributed by atoms with Crippen molar-refractivity contribution in [2.24, 2.45) is 5.92 Å². The summed E-state index contributed by atoms with van der Waals surface area (Å²) in [5.41, 5.74) is -0.685. The molecule has 1 amide bonds. The standard InChI is InChI=1S/C10H17NO6/c1-10(2,3)17-9(16)11-5-6(8(14)15)4-7(12)13/h6H,4-5H2,1-3H3,(H,11,16)(H,12,13)(H,14,15). The molecule has 1 atom stereocenters. The topological polar surface area (TPSA) is 113 Å². The molecule has 0 bridgehead atoms. The van der Waals surface area contributed by atoms with E-state index in [0.717, 1.165) is 0 Å². The normalized spacial score (nSPS) is 12.6. The average molecular weight is 247 g/mol. The van der Waals surface area contributed by atoms with Crippen molar-refractivity contribution < 1.29 is 29.3 Å². The molecule has 3 N–H and O–H groups in total. The lowest BCUT2D eigenvalue weighted by atomic mass is 10.1. The van der Waals surface area contributed by atoms with Gasteiger partial charge >= 0.3 is 18.0 Å². The summed E-state index contributed by atoms with van der Waals surface area (Å²) < 4.78 is 4.88. The molecule has 0 spiro atoms. The molecule has 0 heterocycles. The number of aliphatic carboxylic acids is 2. The van der Waals surface area contributed by atoms with Crippen LogP contribution >= 0.6 is 0 Å². The lowest BCUT2D eigenvalue weighted by Crippen LogP contribution is -2.37. The van der Waals surface area contributed by atoms with Gasteiger partial charge in [-0.15, -0.1) is 0 Å². The zero-order valence-corrected chi connectivity index (χ0v) is 10.0. The molecule has 0 aromatic heterocycles. The van der Waals surface area contributed by atoms with Crippen molar-refractivity contribution in [1.29, 1.82) is 0 Å². The molecule has 0 saturated carbocycles. The van der Waals surface area contributed by atoms with E-state index in [1.807, 2.05) is 0 Å². The summed E-state index contributed by atoms with van der Waals surface area (Å²) in [7, 11) is 0. The fourth-order valence-electron chi connectivity index (χ4n) is 0.978. The van der Waals surface area contributed by atoms with E-state index in [2.05, 4.69) is 5.32 Å². The van der Waals surface area contributed by atoms with Crippen LogP contribution in [0.1, 0.15) is 27.2 Å². The van der Waals surface area contributed by atoms with Gasteiger partial charge in [0.2, 0.25) is 0 Å². The number of hydrogen-bond donors (Lipinski definition) is 3. The Balaban J connectivity index is 4.18. The van der Waals surface area contributed by atoms with E-state index in [0.29, 0.717) is 0 Å². The maximum Gasteiger partial charge on any atom is 0.407 e. The number of rotatable bonds is 5. The number of carbonyl (C=O) groups is 3. The molecule has 7 nitrogen and oxygen atoms in total. The third kappa shape index (κ3) is 8.06. The van der Waals surface area contributed by atoms with Crippen LogP contribution in [0.4, 0.5) is 4.79 Å². The van der Waals surface area contributed by atoms with Crippen molar-refractivity contribution in [3.8, 4) is 0 Å². The van der Waals surface area contributed by atoms with Crippen LogP contribution in [-0.4, -0.2) is 40.4 Å². The van der Waals surface area contributed by atoms with Crippen LogP contribution in [0, 0.1) is 5.92 Å². The highest BCUT2D eigenvalue weighted by Gasteiger charge is 2.23. The van der Waals surface area contributed by atoms with Gasteiger partial charge in [-0.3, -0.25) is 9.59 Å². The van der Waals surface area contributed by atoms with Crippen molar-refractivity contribution in [1.82, 2.24) is 5.32 Å². The van der Waals surface area contributed by atoms with Gasteiger partial charge < -0.3 is 20.3 Å². The summed E-state index contributed by atoms with van der Waals surface area (Å²) in [6.07, 6.45) is -1.32. The molecule has 0 aliphatic rings. The minimum Gasteiger partial charge on any atom is -0.481 e. The molecule has 0 rings (SSSR count). The summed E-state index contributed by atoms with van der Waals surface area (Å²) in [5, 5.41) is 19.4. The Morgan fingerprint density at radius 3 is 2.12 bits per heavy atom. The zero-order chi connectivity index (χ0) is 13.6. The van der Waals surface area contributed by atoms with Gasteiger partial charge in [0.05, 0.1) is 12.3 Å². The minimum atomic E-state index is -1.27. The molecule has 0 radical (unpaired) electrons. The van der Waals surface area contributed by atoms with Crippen LogP contribution in [0.15, 0.2) is 0 Å². The Bertz CT molecular complexity index is 306. The molecule has 0 saturated heterocycles. The summed E-state index contributed by atoms with van der Waals surface area (Å²) in [4.78, 5) is 32.3.